The van der Waals surface area contributed by atoms with Crippen molar-refractivity contribution in [1.29, 1.82) is 0 Å². The molecule has 1 aromatic carbocycles. The van der Waals surface area contributed by atoms with Gasteiger partial charge in [-0.25, -0.2) is 17.8 Å². The number of benzene rings is 1. The van der Waals surface area contributed by atoms with E-state index in [2.05, 4.69) is 15.0 Å². The van der Waals surface area contributed by atoms with Crippen LogP contribution in [0.1, 0.15) is 17.3 Å². The van der Waals surface area contributed by atoms with Crippen LogP contribution < -0.4 is 10.0 Å². The minimum atomic E-state index is -3.72. The van der Waals surface area contributed by atoms with Gasteiger partial charge in [-0.15, -0.1) is 0 Å². The number of halogens is 2. The third kappa shape index (κ3) is 5.65. The normalized spacial score (nSPS) is 12.5. The summed E-state index contributed by atoms with van der Waals surface area (Å²) in [4.78, 5) is 16.1. The van der Waals surface area contributed by atoms with E-state index in [-0.39, 0.29) is 34.5 Å². The number of nitrogens with one attached hydrogen (secondary N) is 2. The van der Waals surface area contributed by atoms with E-state index >= 15 is 0 Å². The molecular weight excluding hydrogens is 385 g/mol. The molecule has 1 aromatic heterocycles. The number of rotatable bonds is 7. The van der Waals surface area contributed by atoms with Gasteiger partial charge >= 0.3 is 0 Å². The van der Waals surface area contributed by atoms with Crippen molar-refractivity contribution in [1.82, 2.24) is 4.98 Å². The first-order valence-corrected chi connectivity index (χ1v) is 9.57. The van der Waals surface area contributed by atoms with Gasteiger partial charge in [0.2, 0.25) is 10.0 Å². The Labute approximate surface area is 155 Å². The molecule has 0 spiro atoms. The number of hydrogen-bond acceptors (Lipinski definition) is 5. The highest BCUT2D eigenvalue weighted by Gasteiger charge is 2.17. The van der Waals surface area contributed by atoms with Gasteiger partial charge in [-0.2, -0.15) is 0 Å². The van der Waals surface area contributed by atoms with Crippen molar-refractivity contribution in [3.8, 4) is 0 Å². The van der Waals surface area contributed by atoms with E-state index in [9.17, 15) is 17.6 Å². The minimum absolute atomic E-state index is 0.0278. The lowest BCUT2D eigenvalue weighted by Gasteiger charge is -2.11. The molecule has 3 N–H and O–H groups in total. The van der Waals surface area contributed by atoms with Gasteiger partial charge in [0.05, 0.1) is 10.8 Å². The maximum absolute atomic E-state index is 13.2. The minimum Gasteiger partial charge on any atom is -0.396 e. The standard InChI is InChI=1S/C16H17ClFN3O4S/c1-10(8-22)9-26(24,25)21-15-6-11(4-5-19-15)16(23)20-12-2-3-14(18)13(17)7-12/h2-7,10,22H,8-9H2,1H3,(H,19,21)(H,20,23). The van der Waals surface area contributed by atoms with Crippen molar-refractivity contribution in [2.45, 2.75) is 6.92 Å². The van der Waals surface area contributed by atoms with Crippen LogP contribution in [-0.2, 0) is 10.0 Å². The number of amides is 1. The van der Waals surface area contributed by atoms with E-state index in [1.54, 1.807) is 6.92 Å². The molecule has 10 heteroatoms. The van der Waals surface area contributed by atoms with Crippen molar-refractivity contribution in [2.24, 2.45) is 5.92 Å². The second-order valence-electron chi connectivity index (χ2n) is 5.68. The van der Waals surface area contributed by atoms with Gasteiger partial charge in [-0.05, 0) is 36.2 Å². The largest absolute Gasteiger partial charge is 0.396 e. The van der Waals surface area contributed by atoms with Gasteiger partial charge < -0.3 is 10.4 Å². The Morgan fingerprint density at radius 3 is 2.73 bits per heavy atom. The molecular formula is C16H17ClFN3O4S. The number of aliphatic hydroxyl groups is 1. The lowest BCUT2D eigenvalue weighted by molar-refractivity contribution is 0.102. The molecule has 26 heavy (non-hydrogen) atoms. The van der Waals surface area contributed by atoms with Crippen LogP contribution in [0.2, 0.25) is 5.02 Å². The lowest BCUT2D eigenvalue weighted by Crippen LogP contribution is -2.23. The van der Waals surface area contributed by atoms with E-state index < -0.39 is 27.7 Å². The van der Waals surface area contributed by atoms with Gasteiger partial charge in [-0.3, -0.25) is 9.52 Å². The average molecular weight is 402 g/mol. The average Bonchev–Trinajstić information content (AvgIpc) is 2.57. The molecule has 0 saturated heterocycles. The first-order valence-electron chi connectivity index (χ1n) is 7.54. The van der Waals surface area contributed by atoms with Gasteiger partial charge in [0.25, 0.3) is 5.91 Å². The van der Waals surface area contributed by atoms with Gasteiger partial charge in [0.1, 0.15) is 11.6 Å². The van der Waals surface area contributed by atoms with Crippen molar-refractivity contribution < 1.29 is 22.7 Å². The topological polar surface area (TPSA) is 108 Å². The number of carbonyl (C=O) groups excluding carboxylic acids is 1. The highest BCUT2D eigenvalue weighted by atomic mass is 35.5. The van der Waals surface area contributed by atoms with Crippen molar-refractivity contribution in [3.63, 3.8) is 0 Å². The van der Waals surface area contributed by atoms with Crippen LogP contribution in [0, 0.1) is 11.7 Å². The predicted octanol–water partition coefficient (Wildman–Crippen LogP) is 2.50. The number of hydrogen-bond donors (Lipinski definition) is 3. The molecule has 2 rings (SSSR count). The third-order valence-electron chi connectivity index (χ3n) is 3.28. The Kier molecular flexibility index (Phi) is 6.52. The van der Waals surface area contributed by atoms with Crippen LogP contribution in [-0.4, -0.2) is 36.8 Å². The van der Waals surface area contributed by atoms with Crippen LogP contribution in [0.4, 0.5) is 15.9 Å². The summed E-state index contributed by atoms with van der Waals surface area (Å²) in [5.41, 5.74) is 0.436. The monoisotopic (exact) mass is 401 g/mol. The molecule has 1 heterocycles. The number of carbonyl (C=O) groups is 1. The molecule has 0 bridgehead atoms. The van der Waals surface area contributed by atoms with Crippen LogP contribution in [0.25, 0.3) is 0 Å². The van der Waals surface area contributed by atoms with Crippen molar-refractivity contribution in [2.75, 3.05) is 22.4 Å². The number of aromatic nitrogens is 1. The maximum atomic E-state index is 13.2. The molecule has 0 aliphatic heterocycles. The predicted molar refractivity (Wildman–Crippen MR) is 97.3 cm³/mol. The molecule has 0 aliphatic carbocycles. The quantitative estimate of drug-likeness (QED) is 0.660. The number of sulfonamides is 1. The molecule has 7 nitrogen and oxygen atoms in total. The lowest BCUT2D eigenvalue weighted by atomic mass is 10.2. The summed E-state index contributed by atoms with van der Waals surface area (Å²) in [6.45, 7) is 1.32. The Morgan fingerprint density at radius 2 is 2.08 bits per heavy atom. The van der Waals surface area contributed by atoms with Crippen LogP contribution in [0.15, 0.2) is 36.5 Å². The summed E-state index contributed by atoms with van der Waals surface area (Å²) < 4.78 is 39.4. The van der Waals surface area contributed by atoms with Crippen LogP contribution in [0.5, 0.6) is 0 Å². The third-order valence-corrected chi connectivity index (χ3v) is 5.09. The van der Waals surface area contributed by atoms with E-state index in [1.807, 2.05) is 0 Å². The van der Waals surface area contributed by atoms with E-state index in [0.29, 0.717) is 0 Å². The molecule has 0 aliphatic rings. The SMILES string of the molecule is CC(CO)CS(=O)(=O)Nc1cc(C(=O)Nc2ccc(F)c(Cl)c2)ccn1. The van der Waals surface area contributed by atoms with Crippen LogP contribution in [0.3, 0.4) is 0 Å². The summed E-state index contributed by atoms with van der Waals surface area (Å²) in [7, 11) is -3.72. The molecule has 0 saturated carbocycles. The van der Waals surface area contributed by atoms with Crippen molar-refractivity contribution >= 4 is 39.0 Å². The zero-order valence-electron chi connectivity index (χ0n) is 13.7. The summed E-state index contributed by atoms with van der Waals surface area (Å²) in [5, 5.41) is 11.4. The summed E-state index contributed by atoms with van der Waals surface area (Å²) in [6.07, 6.45) is 1.28. The number of nitrogens with zero attached hydrogens (tertiary/aromatic N) is 1. The van der Waals surface area contributed by atoms with Gasteiger partial charge in [-0.1, -0.05) is 18.5 Å². The summed E-state index contributed by atoms with van der Waals surface area (Å²) in [6, 6.07) is 6.39. The molecule has 0 fully saturated rings. The zero-order chi connectivity index (χ0) is 19.3. The Balaban J connectivity index is 2.12. The first-order chi connectivity index (χ1) is 12.2. The fourth-order valence-electron chi connectivity index (χ4n) is 2.03. The number of aliphatic hydroxyl groups excluding tert-OH is 1. The summed E-state index contributed by atoms with van der Waals surface area (Å²) in [5.74, 6) is -1.90. The zero-order valence-corrected chi connectivity index (χ0v) is 15.3. The first kappa shape index (κ1) is 20.1. The maximum Gasteiger partial charge on any atom is 0.255 e. The molecule has 1 amide bonds. The van der Waals surface area contributed by atoms with E-state index in [1.165, 1.54) is 30.5 Å². The van der Waals surface area contributed by atoms with Crippen molar-refractivity contribution in [3.05, 3.63) is 52.9 Å². The fourth-order valence-corrected chi connectivity index (χ4v) is 3.58. The molecule has 1 atom stereocenters. The summed E-state index contributed by atoms with van der Waals surface area (Å²) >= 11 is 5.66. The molecule has 1 unspecified atom stereocenters. The highest BCUT2D eigenvalue weighted by Crippen LogP contribution is 2.20. The number of pyridine rings is 1. The second kappa shape index (κ2) is 8.43. The van der Waals surface area contributed by atoms with E-state index in [4.69, 9.17) is 16.7 Å². The second-order valence-corrected chi connectivity index (χ2v) is 7.86. The molecule has 0 radical (unpaired) electrons. The van der Waals surface area contributed by atoms with Gasteiger partial charge in [0, 0.05) is 24.1 Å². The number of anilines is 2. The Morgan fingerprint density at radius 1 is 1.35 bits per heavy atom. The molecule has 140 valence electrons. The highest BCUT2D eigenvalue weighted by molar-refractivity contribution is 7.92. The van der Waals surface area contributed by atoms with Gasteiger partial charge in [0.15, 0.2) is 0 Å². The fraction of sp³-hybridized carbons (Fsp3) is 0.250. The molecule has 2 aromatic rings. The Bertz CT molecular complexity index is 908. The van der Waals surface area contributed by atoms with Crippen LogP contribution >= 0.6 is 11.6 Å². The van der Waals surface area contributed by atoms with E-state index in [0.717, 1.165) is 6.07 Å². The Hall–Kier alpha value is -2.23. The smallest absolute Gasteiger partial charge is 0.255 e.